The van der Waals surface area contributed by atoms with Gasteiger partial charge in [-0.05, 0) is 58.3 Å². The molecule has 0 atom stereocenters. The van der Waals surface area contributed by atoms with E-state index in [-0.39, 0.29) is 12.5 Å². The van der Waals surface area contributed by atoms with E-state index in [0.29, 0.717) is 17.4 Å². The van der Waals surface area contributed by atoms with Crippen LogP contribution in [0, 0.1) is 6.92 Å². The molecular weight excluding hydrogens is 318 g/mol. The van der Waals surface area contributed by atoms with Gasteiger partial charge in [0, 0.05) is 6.54 Å². The molecule has 7 heteroatoms. The van der Waals surface area contributed by atoms with E-state index in [1.165, 1.54) is 0 Å². The lowest BCUT2D eigenvalue weighted by molar-refractivity contribution is -0.118. The van der Waals surface area contributed by atoms with Crippen molar-refractivity contribution in [1.82, 2.24) is 15.1 Å². The summed E-state index contributed by atoms with van der Waals surface area (Å²) in [5.74, 6) is 1.47. The minimum absolute atomic E-state index is 0.0741. The monoisotopic (exact) mass is 343 g/mol. The fourth-order valence-electron chi connectivity index (χ4n) is 2.07. The van der Waals surface area contributed by atoms with Gasteiger partial charge in [-0.3, -0.25) is 4.79 Å². The van der Waals surface area contributed by atoms with Gasteiger partial charge in [0.1, 0.15) is 11.6 Å². The Morgan fingerprint density at radius 3 is 2.40 bits per heavy atom. The average Bonchev–Trinajstić information content (AvgIpc) is 2.59. The van der Waals surface area contributed by atoms with Crippen LogP contribution in [0.25, 0.3) is 0 Å². The minimum Gasteiger partial charge on any atom is -0.484 e. The van der Waals surface area contributed by atoms with Crippen LogP contribution in [0.2, 0.25) is 0 Å². The van der Waals surface area contributed by atoms with Gasteiger partial charge in [0.25, 0.3) is 5.91 Å². The second-order valence-electron chi connectivity index (χ2n) is 6.04. The Kier molecular flexibility index (Phi) is 7.16. The van der Waals surface area contributed by atoms with Crippen molar-refractivity contribution < 1.29 is 9.53 Å². The number of carbonyl (C=O) groups excluding carboxylic acids is 1. The molecule has 1 aromatic carbocycles. The highest BCUT2D eigenvalue weighted by Gasteiger charge is 2.05. The summed E-state index contributed by atoms with van der Waals surface area (Å²) < 4.78 is 5.43. The zero-order valence-electron chi connectivity index (χ0n) is 15.0. The summed E-state index contributed by atoms with van der Waals surface area (Å²) in [5.41, 5.74) is 1.14. The van der Waals surface area contributed by atoms with Gasteiger partial charge >= 0.3 is 0 Å². The fourth-order valence-corrected chi connectivity index (χ4v) is 2.07. The van der Waals surface area contributed by atoms with Crippen molar-refractivity contribution in [3.8, 4) is 5.75 Å². The number of amides is 1. The molecule has 134 valence electrons. The van der Waals surface area contributed by atoms with Crippen LogP contribution in [0.1, 0.15) is 12.0 Å². The summed E-state index contributed by atoms with van der Waals surface area (Å²) in [4.78, 5) is 14.0. The van der Waals surface area contributed by atoms with Crippen molar-refractivity contribution in [3.63, 3.8) is 0 Å². The number of carbonyl (C=O) groups is 1. The predicted molar refractivity (Wildman–Crippen MR) is 99.0 cm³/mol. The van der Waals surface area contributed by atoms with Crippen LogP contribution < -0.4 is 15.4 Å². The van der Waals surface area contributed by atoms with Gasteiger partial charge in [-0.2, -0.15) is 0 Å². The highest BCUT2D eigenvalue weighted by atomic mass is 16.5. The first-order chi connectivity index (χ1) is 12.0. The molecule has 0 bridgehead atoms. The molecule has 25 heavy (non-hydrogen) atoms. The molecule has 1 amide bonds. The lowest BCUT2D eigenvalue weighted by Gasteiger charge is -2.10. The van der Waals surface area contributed by atoms with Crippen LogP contribution in [0.15, 0.2) is 36.4 Å². The van der Waals surface area contributed by atoms with E-state index >= 15 is 0 Å². The van der Waals surface area contributed by atoms with Crippen molar-refractivity contribution in [2.75, 3.05) is 44.4 Å². The van der Waals surface area contributed by atoms with Crippen LogP contribution in [-0.2, 0) is 4.79 Å². The summed E-state index contributed by atoms with van der Waals surface area (Å²) in [6.07, 6.45) is 1.02. The zero-order valence-corrected chi connectivity index (χ0v) is 15.0. The smallest absolute Gasteiger partial charge is 0.263 e. The molecule has 1 heterocycles. The summed E-state index contributed by atoms with van der Waals surface area (Å²) in [6.45, 7) is 3.75. The lowest BCUT2D eigenvalue weighted by atomic mass is 10.2. The van der Waals surface area contributed by atoms with Crippen LogP contribution in [-0.4, -0.2) is 54.8 Å². The van der Waals surface area contributed by atoms with Gasteiger partial charge in [0.2, 0.25) is 0 Å². The standard InChI is InChI=1S/C18H25N5O2/c1-14-5-7-15(8-6-14)25-13-18(24)20-17-10-9-16(21-22-17)19-11-4-12-23(2)3/h5-10H,4,11-13H2,1-3H3,(H,19,21)(H,20,22,24). The number of benzene rings is 1. The first kappa shape index (κ1) is 18.7. The maximum Gasteiger partial charge on any atom is 0.263 e. The number of aryl methyl sites for hydroxylation is 1. The maximum atomic E-state index is 11.9. The van der Waals surface area contributed by atoms with Crippen LogP contribution >= 0.6 is 0 Å². The van der Waals surface area contributed by atoms with E-state index in [1.807, 2.05) is 45.3 Å². The van der Waals surface area contributed by atoms with E-state index in [9.17, 15) is 4.79 Å². The molecule has 0 aliphatic rings. The zero-order chi connectivity index (χ0) is 18.1. The molecule has 2 rings (SSSR count). The minimum atomic E-state index is -0.276. The molecule has 0 radical (unpaired) electrons. The van der Waals surface area contributed by atoms with Crippen LogP contribution in [0.4, 0.5) is 11.6 Å². The fraction of sp³-hybridized carbons (Fsp3) is 0.389. The van der Waals surface area contributed by atoms with Gasteiger partial charge in [-0.15, -0.1) is 10.2 Å². The number of ether oxygens (including phenoxy) is 1. The van der Waals surface area contributed by atoms with Crippen LogP contribution in [0.3, 0.4) is 0 Å². The summed E-state index contributed by atoms with van der Waals surface area (Å²) in [7, 11) is 4.08. The van der Waals surface area contributed by atoms with Crippen molar-refractivity contribution in [2.45, 2.75) is 13.3 Å². The van der Waals surface area contributed by atoms with E-state index in [2.05, 4.69) is 25.7 Å². The van der Waals surface area contributed by atoms with Gasteiger partial charge < -0.3 is 20.3 Å². The van der Waals surface area contributed by atoms with E-state index in [1.54, 1.807) is 12.1 Å². The van der Waals surface area contributed by atoms with E-state index in [4.69, 9.17) is 4.74 Å². The Morgan fingerprint density at radius 1 is 1.08 bits per heavy atom. The Bertz CT molecular complexity index is 656. The summed E-state index contributed by atoms with van der Waals surface area (Å²) >= 11 is 0. The number of nitrogens with zero attached hydrogens (tertiary/aromatic N) is 3. The Morgan fingerprint density at radius 2 is 1.76 bits per heavy atom. The Balaban J connectivity index is 1.72. The predicted octanol–water partition coefficient (Wildman–Crippen LogP) is 2.17. The molecule has 7 nitrogen and oxygen atoms in total. The third-order valence-electron chi connectivity index (χ3n) is 3.41. The first-order valence-electron chi connectivity index (χ1n) is 8.24. The SMILES string of the molecule is Cc1ccc(OCC(=O)Nc2ccc(NCCCN(C)C)nn2)cc1. The highest BCUT2D eigenvalue weighted by molar-refractivity contribution is 5.90. The third-order valence-corrected chi connectivity index (χ3v) is 3.41. The number of nitrogens with one attached hydrogen (secondary N) is 2. The van der Waals surface area contributed by atoms with Gasteiger partial charge in [0.15, 0.2) is 12.4 Å². The number of hydrogen-bond acceptors (Lipinski definition) is 6. The lowest BCUT2D eigenvalue weighted by Crippen LogP contribution is -2.21. The molecule has 0 saturated heterocycles. The second kappa shape index (κ2) is 9.58. The molecule has 0 saturated carbocycles. The molecule has 0 fully saturated rings. The molecule has 0 aliphatic carbocycles. The molecular formula is C18H25N5O2. The number of aromatic nitrogens is 2. The van der Waals surface area contributed by atoms with Gasteiger partial charge in [-0.1, -0.05) is 17.7 Å². The summed E-state index contributed by atoms with van der Waals surface area (Å²) in [6, 6.07) is 11.0. The molecule has 0 aliphatic heterocycles. The molecule has 0 unspecified atom stereocenters. The largest absolute Gasteiger partial charge is 0.484 e. The summed E-state index contributed by atoms with van der Waals surface area (Å²) in [5, 5.41) is 13.9. The number of anilines is 2. The number of rotatable bonds is 9. The molecule has 0 spiro atoms. The average molecular weight is 343 g/mol. The van der Waals surface area contributed by atoms with Gasteiger partial charge in [0.05, 0.1) is 0 Å². The maximum absolute atomic E-state index is 11.9. The first-order valence-corrected chi connectivity index (χ1v) is 8.24. The van der Waals surface area contributed by atoms with Crippen molar-refractivity contribution in [1.29, 1.82) is 0 Å². The quantitative estimate of drug-likeness (QED) is 0.679. The molecule has 2 N–H and O–H groups in total. The molecule has 1 aromatic heterocycles. The second-order valence-corrected chi connectivity index (χ2v) is 6.04. The highest BCUT2D eigenvalue weighted by Crippen LogP contribution is 2.11. The van der Waals surface area contributed by atoms with E-state index < -0.39 is 0 Å². The van der Waals surface area contributed by atoms with Crippen LogP contribution in [0.5, 0.6) is 5.75 Å². The van der Waals surface area contributed by atoms with Gasteiger partial charge in [-0.25, -0.2) is 0 Å². The topological polar surface area (TPSA) is 79.4 Å². The van der Waals surface area contributed by atoms with Crippen molar-refractivity contribution >= 4 is 17.5 Å². The third kappa shape index (κ3) is 7.17. The Hall–Kier alpha value is -2.67. The number of hydrogen-bond donors (Lipinski definition) is 2. The van der Waals surface area contributed by atoms with Crippen molar-refractivity contribution in [3.05, 3.63) is 42.0 Å². The van der Waals surface area contributed by atoms with E-state index in [0.717, 1.165) is 25.1 Å². The molecule has 2 aromatic rings. The normalized spacial score (nSPS) is 10.6. The Labute approximate surface area is 148 Å². The van der Waals surface area contributed by atoms with Crippen molar-refractivity contribution in [2.24, 2.45) is 0 Å².